The summed E-state index contributed by atoms with van der Waals surface area (Å²) < 4.78 is 2.25. The monoisotopic (exact) mass is 346 g/mol. The van der Waals surface area contributed by atoms with Gasteiger partial charge in [0.15, 0.2) is 0 Å². The molecule has 0 saturated carbocycles. The normalized spacial score (nSPS) is 21.9. The molecule has 1 heterocycles. The van der Waals surface area contributed by atoms with Gasteiger partial charge in [0.25, 0.3) is 0 Å². The van der Waals surface area contributed by atoms with Gasteiger partial charge in [-0.15, -0.1) is 0 Å². The third-order valence-corrected chi connectivity index (χ3v) is 3.83. The Morgan fingerprint density at radius 1 is 1.19 bits per heavy atom. The molecule has 1 aromatic rings. The van der Waals surface area contributed by atoms with Crippen molar-refractivity contribution < 1.29 is 0 Å². The number of hydrogen-bond donors (Lipinski definition) is 1. The highest BCUT2D eigenvalue weighted by Crippen LogP contribution is 2.26. The lowest BCUT2D eigenvalue weighted by molar-refractivity contribution is 0.566. The Morgan fingerprint density at radius 2 is 1.88 bits per heavy atom. The van der Waals surface area contributed by atoms with Crippen LogP contribution in [0.4, 0.5) is 5.69 Å². The first-order valence-electron chi connectivity index (χ1n) is 5.59. The second-order valence-electron chi connectivity index (χ2n) is 4.26. The van der Waals surface area contributed by atoms with Gasteiger partial charge in [-0.05, 0) is 31.5 Å². The Bertz CT molecular complexity index is 348. The molecule has 1 unspecified atom stereocenters. The first-order valence-corrected chi connectivity index (χ1v) is 7.18. The lowest BCUT2D eigenvalue weighted by Gasteiger charge is -2.22. The summed E-state index contributed by atoms with van der Waals surface area (Å²) in [5.74, 6) is 0. The molecule has 0 radical (unpaired) electrons. The van der Waals surface area contributed by atoms with Gasteiger partial charge in [0.2, 0.25) is 0 Å². The molecule has 4 heteroatoms. The average Bonchev–Trinajstić information content (AvgIpc) is 2.41. The van der Waals surface area contributed by atoms with E-state index in [-0.39, 0.29) is 0 Å². The summed E-state index contributed by atoms with van der Waals surface area (Å²) in [4.78, 5) is 2.44. The van der Waals surface area contributed by atoms with Crippen LogP contribution < -0.4 is 10.2 Å². The SMILES string of the molecule is CC1CCN(c2cc(Br)cc(Br)c2)CCN1. The molecule has 1 saturated heterocycles. The fourth-order valence-corrected chi connectivity index (χ4v) is 3.26. The lowest BCUT2D eigenvalue weighted by Crippen LogP contribution is -2.28. The number of halogens is 2. The van der Waals surface area contributed by atoms with Crippen molar-refractivity contribution in [2.24, 2.45) is 0 Å². The van der Waals surface area contributed by atoms with Crippen LogP contribution in [0.25, 0.3) is 0 Å². The molecule has 1 aromatic carbocycles. The molecule has 2 nitrogen and oxygen atoms in total. The second kappa shape index (κ2) is 5.52. The average molecular weight is 348 g/mol. The molecular weight excluding hydrogens is 332 g/mol. The fourth-order valence-electron chi connectivity index (χ4n) is 1.99. The smallest absolute Gasteiger partial charge is 0.0389 e. The lowest BCUT2D eigenvalue weighted by atomic mass is 10.2. The topological polar surface area (TPSA) is 15.3 Å². The predicted molar refractivity (Wildman–Crippen MR) is 76.1 cm³/mol. The van der Waals surface area contributed by atoms with Gasteiger partial charge in [0.1, 0.15) is 0 Å². The van der Waals surface area contributed by atoms with E-state index in [2.05, 4.69) is 67.2 Å². The Labute approximate surface area is 114 Å². The van der Waals surface area contributed by atoms with E-state index in [1.165, 1.54) is 12.1 Å². The number of benzene rings is 1. The highest BCUT2D eigenvalue weighted by Gasteiger charge is 2.13. The number of rotatable bonds is 1. The van der Waals surface area contributed by atoms with Gasteiger partial charge in [-0.3, -0.25) is 0 Å². The van der Waals surface area contributed by atoms with E-state index in [0.717, 1.165) is 28.6 Å². The molecule has 1 aliphatic rings. The highest BCUT2D eigenvalue weighted by atomic mass is 79.9. The molecule has 1 aliphatic heterocycles. The minimum Gasteiger partial charge on any atom is -0.370 e. The molecule has 1 fully saturated rings. The molecule has 88 valence electrons. The van der Waals surface area contributed by atoms with Crippen LogP contribution in [0.5, 0.6) is 0 Å². The van der Waals surface area contributed by atoms with Gasteiger partial charge in [-0.25, -0.2) is 0 Å². The minimum absolute atomic E-state index is 0.626. The largest absolute Gasteiger partial charge is 0.370 e. The van der Waals surface area contributed by atoms with E-state index in [1.807, 2.05) is 0 Å². The first-order chi connectivity index (χ1) is 7.65. The van der Waals surface area contributed by atoms with Crippen LogP contribution in [-0.4, -0.2) is 25.7 Å². The van der Waals surface area contributed by atoms with Crippen molar-refractivity contribution in [3.8, 4) is 0 Å². The summed E-state index contributed by atoms with van der Waals surface area (Å²) in [6, 6.07) is 7.06. The van der Waals surface area contributed by atoms with Crippen LogP contribution in [0.3, 0.4) is 0 Å². The zero-order valence-electron chi connectivity index (χ0n) is 9.34. The van der Waals surface area contributed by atoms with E-state index in [0.29, 0.717) is 6.04 Å². The molecule has 0 amide bonds. The van der Waals surface area contributed by atoms with Crippen molar-refractivity contribution in [3.63, 3.8) is 0 Å². The summed E-state index contributed by atoms with van der Waals surface area (Å²) in [6.45, 7) is 5.51. The summed E-state index contributed by atoms with van der Waals surface area (Å²) in [5, 5.41) is 3.51. The maximum Gasteiger partial charge on any atom is 0.0389 e. The Morgan fingerprint density at radius 3 is 2.56 bits per heavy atom. The van der Waals surface area contributed by atoms with Crippen molar-refractivity contribution in [2.45, 2.75) is 19.4 Å². The van der Waals surface area contributed by atoms with Crippen molar-refractivity contribution in [1.29, 1.82) is 0 Å². The van der Waals surface area contributed by atoms with Crippen LogP contribution in [0.2, 0.25) is 0 Å². The molecule has 0 aliphatic carbocycles. The third kappa shape index (κ3) is 3.22. The van der Waals surface area contributed by atoms with Crippen LogP contribution in [-0.2, 0) is 0 Å². The maximum absolute atomic E-state index is 3.54. The highest BCUT2D eigenvalue weighted by molar-refractivity contribution is 9.11. The molecular formula is C12H16Br2N2. The number of nitrogens with one attached hydrogen (secondary N) is 1. The van der Waals surface area contributed by atoms with E-state index in [1.54, 1.807) is 0 Å². The quantitative estimate of drug-likeness (QED) is 0.837. The van der Waals surface area contributed by atoms with Crippen molar-refractivity contribution in [1.82, 2.24) is 5.32 Å². The Balaban J connectivity index is 2.16. The summed E-state index contributed by atoms with van der Waals surface area (Å²) in [6.07, 6.45) is 1.20. The second-order valence-corrected chi connectivity index (χ2v) is 6.09. The molecule has 2 rings (SSSR count). The van der Waals surface area contributed by atoms with E-state index in [9.17, 15) is 0 Å². The fraction of sp³-hybridized carbons (Fsp3) is 0.500. The molecule has 0 spiro atoms. The number of nitrogens with zero attached hydrogens (tertiary/aromatic N) is 1. The van der Waals surface area contributed by atoms with Gasteiger partial charge in [-0.1, -0.05) is 31.9 Å². The van der Waals surface area contributed by atoms with Crippen LogP contribution in [0.1, 0.15) is 13.3 Å². The summed E-state index contributed by atoms with van der Waals surface area (Å²) >= 11 is 7.08. The Hall–Kier alpha value is -0.0600. The molecule has 16 heavy (non-hydrogen) atoms. The van der Waals surface area contributed by atoms with Crippen molar-refractivity contribution in [2.75, 3.05) is 24.5 Å². The van der Waals surface area contributed by atoms with Crippen LogP contribution >= 0.6 is 31.9 Å². The first kappa shape index (κ1) is 12.4. The predicted octanol–water partition coefficient (Wildman–Crippen LogP) is 3.40. The minimum atomic E-state index is 0.626. The zero-order valence-corrected chi connectivity index (χ0v) is 12.5. The van der Waals surface area contributed by atoms with Crippen LogP contribution in [0.15, 0.2) is 27.1 Å². The van der Waals surface area contributed by atoms with Gasteiger partial charge in [0.05, 0.1) is 0 Å². The summed E-state index contributed by atoms with van der Waals surface area (Å²) in [7, 11) is 0. The standard InChI is InChI=1S/C12H16Br2N2/c1-9-2-4-16(5-3-15-9)12-7-10(13)6-11(14)8-12/h6-9,15H,2-5H2,1H3. The van der Waals surface area contributed by atoms with Gasteiger partial charge >= 0.3 is 0 Å². The Kier molecular flexibility index (Phi) is 4.27. The molecule has 0 bridgehead atoms. The van der Waals surface area contributed by atoms with Gasteiger partial charge in [0, 0.05) is 40.3 Å². The van der Waals surface area contributed by atoms with Crippen LogP contribution in [0, 0.1) is 0 Å². The van der Waals surface area contributed by atoms with Crippen molar-refractivity contribution in [3.05, 3.63) is 27.1 Å². The maximum atomic E-state index is 3.54. The van der Waals surface area contributed by atoms with Gasteiger partial charge < -0.3 is 10.2 Å². The van der Waals surface area contributed by atoms with Gasteiger partial charge in [-0.2, -0.15) is 0 Å². The van der Waals surface area contributed by atoms with E-state index < -0.39 is 0 Å². The molecule has 0 aromatic heterocycles. The zero-order chi connectivity index (χ0) is 11.5. The molecule has 1 atom stereocenters. The number of anilines is 1. The molecule has 1 N–H and O–H groups in total. The third-order valence-electron chi connectivity index (χ3n) is 2.92. The van der Waals surface area contributed by atoms with E-state index >= 15 is 0 Å². The van der Waals surface area contributed by atoms with E-state index in [4.69, 9.17) is 0 Å². The van der Waals surface area contributed by atoms with Crippen molar-refractivity contribution >= 4 is 37.5 Å². The summed E-state index contributed by atoms with van der Waals surface area (Å²) in [5.41, 5.74) is 1.29. The number of hydrogen-bond acceptors (Lipinski definition) is 2.